The lowest BCUT2D eigenvalue weighted by molar-refractivity contribution is 0.891. The average molecular weight is 361 g/mol. The van der Waals surface area contributed by atoms with E-state index in [1.54, 1.807) is 17.5 Å². The van der Waals surface area contributed by atoms with Gasteiger partial charge in [-0.1, -0.05) is 0 Å². The molecule has 0 aliphatic heterocycles. The molecule has 0 aliphatic rings. The highest BCUT2D eigenvalue weighted by Crippen LogP contribution is 2.27. The molecule has 0 bridgehead atoms. The Hall–Kier alpha value is -3.13. The summed E-state index contributed by atoms with van der Waals surface area (Å²) in [6, 6.07) is 6.00. The van der Waals surface area contributed by atoms with Crippen LogP contribution in [0.1, 0.15) is 16.3 Å². The van der Waals surface area contributed by atoms with Crippen LogP contribution >= 0.6 is 11.3 Å². The van der Waals surface area contributed by atoms with Crippen LogP contribution in [0.5, 0.6) is 0 Å². The summed E-state index contributed by atoms with van der Waals surface area (Å²) in [6.45, 7) is 5.95. The van der Waals surface area contributed by atoms with Crippen molar-refractivity contribution in [2.45, 2.75) is 20.8 Å². The summed E-state index contributed by atoms with van der Waals surface area (Å²) in [5.74, 6) is 1.46. The Morgan fingerprint density at radius 2 is 1.92 bits per heavy atom. The molecule has 4 aromatic heterocycles. The lowest BCUT2D eigenvalue weighted by Gasteiger charge is -1.97. The topological polar surface area (TPSA) is 84.7 Å². The maximum atomic E-state index is 4.66. The summed E-state index contributed by atoms with van der Waals surface area (Å²) in [4.78, 5) is 22.6. The molecule has 0 spiro atoms. The Morgan fingerprint density at radius 3 is 2.69 bits per heavy atom. The third-order valence-electron chi connectivity index (χ3n) is 4.27. The highest BCUT2D eigenvalue weighted by molar-refractivity contribution is 7.14. The zero-order chi connectivity index (χ0) is 17.8. The largest absolute Gasteiger partial charge is 0.336 e. The van der Waals surface area contributed by atoms with Crippen LogP contribution < -0.4 is 0 Å². The van der Waals surface area contributed by atoms with Gasteiger partial charge in [-0.2, -0.15) is 0 Å². The van der Waals surface area contributed by atoms with E-state index in [0.717, 1.165) is 49.3 Å². The van der Waals surface area contributed by atoms with Crippen molar-refractivity contribution in [2.24, 2.45) is 0 Å². The molecule has 0 saturated carbocycles. The summed E-state index contributed by atoms with van der Waals surface area (Å²) in [7, 11) is 0. The highest BCUT2D eigenvalue weighted by Gasteiger charge is 2.13. The Bertz CT molecular complexity index is 1240. The number of hydrogen-bond donors (Lipinski definition) is 1. The minimum absolute atomic E-state index is 0.673. The fourth-order valence-electron chi connectivity index (χ4n) is 2.93. The summed E-state index contributed by atoms with van der Waals surface area (Å²) >= 11 is 1.62. The Kier molecular flexibility index (Phi) is 3.17. The van der Waals surface area contributed by atoms with Gasteiger partial charge in [-0.15, -0.1) is 16.4 Å². The van der Waals surface area contributed by atoms with Gasteiger partial charge in [0.15, 0.2) is 22.3 Å². The minimum atomic E-state index is 0.673. The van der Waals surface area contributed by atoms with Gasteiger partial charge in [-0.3, -0.25) is 4.98 Å². The zero-order valence-corrected chi connectivity index (χ0v) is 15.3. The van der Waals surface area contributed by atoms with Gasteiger partial charge in [-0.05, 0) is 39.0 Å². The summed E-state index contributed by atoms with van der Waals surface area (Å²) in [6.07, 6.45) is 3.67. The molecule has 0 aliphatic carbocycles. The Labute approximate surface area is 152 Å². The Morgan fingerprint density at radius 1 is 1.04 bits per heavy atom. The molecule has 1 N–H and O–H groups in total. The molecule has 128 valence electrons. The quantitative estimate of drug-likeness (QED) is 0.518. The van der Waals surface area contributed by atoms with E-state index in [1.165, 1.54) is 0 Å². The molecule has 0 atom stereocenters. The van der Waals surface area contributed by atoms with E-state index in [0.29, 0.717) is 5.82 Å². The minimum Gasteiger partial charge on any atom is -0.336 e. The maximum absolute atomic E-state index is 4.66. The van der Waals surface area contributed by atoms with E-state index in [1.807, 2.05) is 49.7 Å². The van der Waals surface area contributed by atoms with Crippen molar-refractivity contribution in [3.63, 3.8) is 0 Å². The van der Waals surface area contributed by atoms with Gasteiger partial charge >= 0.3 is 0 Å². The lowest BCUT2D eigenvalue weighted by atomic mass is 10.2. The summed E-state index contributed by atoms with van der Waals surface area (Å²) in [5.41, 5.74) is 5.37. The van der Waals surface area contributed by atoms with Crippen LogP contribution in [-0.2, 0) is 0 Å². The summed E-state index contributed by atoms with van der Waals surface area (Å²) < 4.78 is 1.83. The predicted octanol–water partition coefficient (Wildman–Crippen LogP) is 3.72. The first-order valence-electron chi connectivity index (χ1n) is 8.20. The van der Waals surface area contributed by atoms with Crippen molar-refractivity contribution in [1.29, 1.82) is 0 Å². The molecule has 1 aromatic carbocycles. The number of thiazole rings is 1. The number of hydrogen-bond acceptors (Lipinski definition) is 6. The van der Waals surface area contributed by atoms with Crippen LogP contribution in [-0.4, -0.2) is 34.5 Å². The number of imidazole rings is 1. The first-order chi connectivity index (χ1) is 12.6. The van der Waals surface area contributed by atoms with Crippen molar-refractivity contribution in [3.8, 4) is 22.2 Å². The van der Waals surface area contributed by atoms with Gasteiger partial charge in [-0.25, -0.2) is 19.5 Å². The van der Waals surface area contributed by atoms with Crippen molar-refractivity contribution < 1.29 is 0 Å². The van der Waals surface area contributed by atoms with E-state index >= 15 is 0 Å². The molecule has 5 aromatic rings. The van der Waals surface area contributed by atoms with Gasteiger partial charge in [0.2, 0.25) is 0 Å². The number of aromatic nitrogens is 7. The van der Waals surface area contributed by atoms with Gasteiger partial charge in [0.25, 0.3) is 0 Å². The van der Waals surface area contributed by atoms with E-state index in [4.69, 9.17) is 0 Å². The molecule has 0 unspecified atom stereocenters. The SMILES string of the molecule is Cc1cnc(-c2nc3ccc(-c4nc5c(C)ncc(C)n5n4)cc3[nH]2)s1. The third kappa shape index (κ3) is 2.30. The number of aromatic amines is 1. The standard InChI is InChI=1S/C18H15N7S/c1-9-7-19-11(3)17-23-15(24-25(9)17)12-4-5-13-14(6-12)22-16(21-13)18-20-8-10(2)26-18/h4-8H,1-3H3,(H,21,22). The lowest BCUT2D eigenvalue weighted by Crippen LogP contribution is -1.97. The number of aryl methyl sites for hydroxylation is 3. The van der Waals surface area contributed by atoms with Crippen LogP contribution in [0.2, 0.25) is 0 Å². The van der Waals surface area contributed by atoms with E-state index in [2.05, 4.69) is 30.0 Å². The maximum Gasteiger partial charge on any atom is 0.182 e. The fourth-order valence-corrected chi connectivity index (χ4v) is 3.64. The average Bonchev–Trinajstić information content (AvgIpc) is 3.34. The number of fused-ring (bicyclic) bond motifs is 2. The predicted molar refractivity (Wildman–Crippen MR) is 101 cm³/mol. The smallest absolute Gasteiger partial charge is 0.182 e. The fraction of sp³-hybridized carbons (Fsp3) is 0.167. The first kappa shape index (κ1) is 15.2. The van der Waals surface area contributed by atoms with Crippen molar-refractivity contribution in [3.05, 3.63) is 46.9 Å². The van der Waals surface area contributed by atoms with Crippen LogP contribution in [0.15, 0.2) is 30.6 Å². The third-order valence-corrected chi connectivity index (χ3v) is 5.19. The highest BCUT2D eigenvalue weighted by atomic mass is 32.1. The summed E-state index contributed by atoms with van der Waals surface area (Å²) in [5, 5.41) is 5.53. The molecular formula is C18H15N7S. The molecule has 0 radical (unpaired) electrons. The molecule has 4 heterocycles. The van der Waals surface area contributed by atoms with Crippen LogP contribution in [0.4, 0.5) is 0 Å². The molecule has 7 nitrogen and oxygen atoms in total. The number of H-pyrrole nitrogens is 1. The molecular weight excluding hydrogens is 346 g/mol. The normalized spacial score (nSPS) is 11.7. The van der Waals surface area contributed by atoms with Crippen LogP contribution in [0.25, 0.3) is 38.9 Å². The second kappa shape index (κ2) is 5.43. The van der Waals surface area contributed by atoms with Gasteiger partial charge in [0, 0.05) is 22.8 Å². The number of rotatable bonds is 2. The molecule has 0 amide bonds. The van der Waals surface area contributed by atoms with Gasteiger partial charge < -0.3 is 4.98 Å². The van der Waals surface area contributed by atoms with E-state index in [-0.39, 0.29) is 0 Å². The molecule has 0 fully saturated rings. The molecule has 5 rings (SSSR count). The monoisotopic (exact) mass is 361 g/mol. The first-order valence-corrected chi connectivity index (χ1v) is 9.02. The van der Waals surface area contributed by atoms with E-state index < -0.39 is 0 Å². The Balaban J connectivity index is 1.63. The second-order valence-corrected chi connectivity index (χ2v) is 7.48. The second-order valence-electron chi connectivity index (χ2n) is 6.25. The molecule has 26 heavy (non-hydrogen) atoms. The number of nitrogens with one attached hydrogen (secondary N) is 1. The molecule has 0 saturated heterocycles. The number of nitrogens with zero attached hydrogens (tertiary/aromatic N) is 6. The van der Waals surface area contributed by atoms with Crippen molar-refractivity contribution in [2.75, 3.05) is 0 Å². The van der Waals surface area contributed by atoms with Gasteiger partial charge in [0.05, 0.1) is 22.4 Å². The van der Waals surface area contributed by atoms with Crippen molar-refractivity contribution >= 4 is 28.0 Å². The van der Waals surface area contributed by atoms with E-state index in [9.17, 15) is 0 Å². The number of benzene rings is 1. The van der Waals surface area contributed by atoms with Crippen LogP contribution in [0.3, 0.4) is 0 Å². The zero-order valence-electron chi connectivity index (χ0n) is 14.5. The van der Waals surface area contributed by atoms with Gasteiger partial charge in [0.1, 0.15) is 0 Å². The molecule has 8 heteroatoms. The van der Waals surface area contributed by atoms with Crippen molar-refractivity contribution in [1.82, 2.24) is 34.5 Å². The van der Waals surface area contributed by atoms with Crippen LogP contribution in [0, 0.1) is 20.8 Å².